The van der Waals surface area contributed by atoms with E-state index >= 15 is 0 Å². The van der Waals surface area contributed by atoms with Crippen molar-refractivity contribution in [2.75, 3.05) is 6.67 Å². The Labute approximate surface area is 59.6 Å². The molecule has 0 spiro atoms. The van der Waals surface area contributed by atoms with Crippen molar-refractivity contribution in [1.82, 2.24) is 0 Å². The number of carbonyl (C=O) groups is 1. The van der Waals surface area contributed by atoms with E-state index in [2.05, 4.69) is 0 Å². The molecule has 60 valence electrons. The topological polar surface area (TPSA) is 69.1 Å². The Bertz CT molecular complexity index is 108. The summed E-state index contributed by atoms with van der Waals surface area (Å²) in [5.74, 6) is -0.356. The average molecular weight is 148 g/mol. The first-order chi connectivity index (χ1) is 4.66. The minimum atomic E-state index is -0.529. The quantitative estimate of drug-likeness (QED) is 0.573. The fourth-order valence-electron chi connectivity index (χ4n) is 0.616. The Morgan fingerprint density at radius 3 is 2.60 bits per heavy atom. The molecule has 0 saturated carbocycles. The molecule has 1 unspecified atom stereocenters. The maximum Gasteiger partial charge on any atom is 0.217 e. The maximum atomic E-state index is 11.7. The number of alkyl halides is 1. The number of primary amides is 1. The second-order valence-electron chi connectivity index (χ2n) is 2.27. The lowest BCUT2D eigenvalue weighted by Gasteiger charge is -2.03. The van der Waals surface area contributed by atoms with Gasteiger partial charge in [0.2, 0.25) is 5.91 Å². The number of hydrogen-bond donors (Lipinski definition) is 2. The van der Waals surface area contributed by atoms with Crippen LogP contribution in [-0.4, -0.2) is 18.6 Å². The molecule has 0 bridgehead atoms. The molecular formula is C6H13FN2O. The van der Waals surface area contributed by atoms with Gasteiger partial charge in [-0.3, -0.25) is 4.79 Å². The molecule has 0 saturated heterocycles. The van der Waals surface area contributed by atoms with Crippen LogP contribution in [0.25, 0.3) is 0 Å². The zero-order valence-corrected chi connectivity index (χ0v) is 5.85. The summed E-state index contributed by atoms with van der Waals surface area (Å²) >= 11 is 0. The molecular weight excluding hydrogens is 135 g/mol. The highest BCUT2D eigenvalue weighted by Crippen LogP contribution is 1.98. The van der Waals surface area contributed by atoms with E-state index in [0.29, 0.717) is 19.3 Å². The van der Waals surface area contributed by atoms with Crippen LogP contribution in [0.15, 0.2) is 0 Å². The molecule has 0 aliphatic heterocycles. The highest BCUT2D eigenvalue weighted by Gasteiger charge is 2.01. The molecule has 4 heteroatoms. The number of halogens is 1. The van der Waals surface area contributed by atoms with Crippen molar-refractivity contribution in [2.24, 2.45) is 11.5 Å². The molecule has 0 aromatic heterocycles. The third-order valence-electron chi connectivity index (χ3n) is 1.20. The molecule has 1 amide bonds. The molecule has 0 fully saturated rings. The highest BCUT2D eigenvalue weighted by molar-refractivity contribution is 5.73. The Morgan fingerprint density at radius 1 is 1.60 bits per heavy atom. The molecule has 0 rings (SSSR count). The first kappa shape index (κ1) is 9.36. The normalized spacial score (nSPS) is 13.0. The number of carbonyl (C=O) groups excluding carboxylic acids is 1. The van der Waals surface area contributed by atoms with E-state index in [9.17, 15) is 9.18 Å². The van der Waals surface area contributed by atoms with Crippen molar-refractivity contribution in [3.05, 3.63) is 0 Å². The minimum Gasteiger partial charge on any atom is -0.370 e. The zero-order chi connectivity index (χ0) is 7.98. The fraction of sp³-hybridized carbons (Fsp3) is 0.833. The van der Waals surface area contributed by atoms with Gasteiger partial charge >= 0.3 is 0 Å². The molecule has 1 atom stereocenters. The Morgan fingerprint density at radius 2 is 2.20 bits per heavy atom. The first-order valence-electron chi connectivity index (χ1n) is 3.26. The highest BCUT2D eigenvalue weighted by atomic mass is 19.1. The van der Waals surface area contributed by atoms with Crippen LogP contribution in [0, 0.1) is 0 Å². The van der Waals surface area contributed by atoms with Crippen molar-refractivity contribution in [2.45, 2.75) is 25.3 Å². The monoisotopic (exact) mass is 148 g/mol. The van der Waals surface area contributed by atoms with Crippen molar-refractivity contribution in [3.63, 3.8) is 0 Å². The lowest BCUT2D eigenvalue weighted by molar-refractivity contribution is -0.118. The average Bonchev–Trinajstić information content (AvgIpc) is 1.87. The van der Waals surface area contributed by atoms with E-state index in [0.717, 1.165) is 0 Å². The zero-order valence-electron chi connectivity index (χ0n) is 5.85. The van der Waals surface area contributed by atoms with Gasteiger partial charge in [0.1, 0.15) is 6.67 Å². The van der Waals surface area contributed by atoms with Crippen molar-refractivity contribution < 1.29 is 9.18 Å². The number of rotatable bonds is 5. The van der Waals surface area contributed by atoms with Crippen LogP contribution in [0.4, 0.5) is 4.39 Å². The molecule has 0 heterocycles. The number of nitrogens with two attached hydrogens (primary N) is 2. The van der Waals surface area contributed by atoms with E-state index in [4.69, 9.17) is 11.5 Å². The molecule has 10 heavy (non-hydrogen) atoms. The Balaban J connectivity index is 3.11. The molecule has 0 aliphatic rings. The second-order valence-corrected chi connectivity index (χ2v) is 2.27. The fourth-order valence-corrected chi connectivity index (χ4v) is 0.616. The van der Waals surface area contributed by atoms with Gasteiger partial charge in [0, 0.05) is 12.5 Å². The van der Waals surface area contributed by atoms with Crippen molar-refractivity contribution in [1.29, 1.82) is 0 Å². The Kier molecular flexibility index (Phi) is 4.84. The van der Waals surface area contributed by atoms with Crippen LogP contribution < -0.4 is 11.5 Å². The summed E-state index contributed by atoms with van der Waals surface area (Å²) < 4.78 is 11.7. The summed E-state index contributed by atoms with van der Waals surface area (Å²) in [6.45, 7) is -0.529. The first-order valence-corrected chi connectivity index (χ1v) is 3.26. The van der Waals surface area contributed by atoms with Crippen LogP contribution in [-0.2, 0) is 4.79 Å². The van der Waals surface area contributed by atoms with E-state index in [-0.39, 0.29) is 5.91 Å². The SMILES string of the molecule is NC(=O)CCCC(N)CF. The van der Waals surface area contributed by atoms with Gasteiger partial charge in [0.05, 0.1) is 0 Å². The molecule has 0 radical (unpaired) electrons. The van der Waals surface area contributed by atoms with E-state index in [1.54, 1.807) is 0 Å². The van der Waals surface area contributed by atoms with Gasteiger partial charge in [-0.05, 0) is 12.8 Å². The van der Waals surface area contributed by atoms with Crippen LogP contribution in [0.5, 0.6) is 0 Å². The molecule has 0 aromatic carbocycles. The van der Waals surface area contributed by atoms with Crippen LogP contribution >= 0.6 is 0 Å². The maximum absolute atomic E-state index is 11.7. The second kappa shape index (κ2) is 5.17. The van der Waals surface area contributed by atoms with Crippen LogP contribution in [0.3, 0.4) is 0 Å². The largest absolute Gasteiger partial charge is 0.370 e. The van der Waals surface area contributed by atoms with Crippen molar-refractivity contribution >= 4 is 5.91 Å². The summed E-state index contributed by atoms with van der Waals surface area (Å²) in [7, 11) is 0. The van der Waals surface area contributed by atoms with Crippen molar-refractivity contribution in [3.8, 4) is 0 Å². The third kappa shape index (κ3) is 5.50. The predicted molar refractivity (Wildman–Crippen MR) is 37.0 cm³/mol. The summed E-state index contributed by atoms with van der Waals surface area (Å²) in [5, 5.41) is 0. The molecule has 0 aromatic rings. The van der Waals surface area contributed by atoms with Gasteiger partial charge in [-0.15, -0.1) is 0 Å². The lowest BCUT2D eigenvalue weighted by atomic mass is 10.1. The van der Waals surface area contributed by atoms with Gasteiger partial charge in [-0.25, -0.2) is 4.39 Å². The van der Waals surface area contributed by atoms with Crippen LogP contribution in [0.2, 0.25) is 0 Å². The summed E-state index contributed by atoms with van der Waals surface area (Å²) in [5.41, 5.74) is 10.1. The van der Waals surface area contributed by atoms with Gasteiger partial charge in [-0.1, -0.05) is 0 Å². The lowest BCUT2D eigenvalue weighted by Crippen LogP contribution is -2.22. The summed E-state index contributed by atoms with van der Waals surface area (Å²) in [6.07, 6.45) is 1.41. The number of hydrogen-bond acceptors (Lipinski definition) is 2. The van der Waals surface area contributed by atoms with E-state index in [1.807, 2.05) is 0 Å². The summed E-state index contributed by atoms with van der Waals surface area (Å²) in [6, 6.07) is -0.431. The predicted octanol–water partition coefficient (Wildman–Crippen LogP) is -0.0612. The standard InChI is InChI=1S/C6H13FN2O/c7-4-5(8)2-1-3-6(9)10/h5H,1-4,8H2,(H2,9,10). The van der Waals surface area contributed by atoms with Crippen LogP contribution in [0.1, 0.15) is 19.3 Å². The van der Waals surface area contributed by atoms with Gasteiger partial charge in [-0.2, -0.15) is 0 Å². The van der Waals surface area contributed by atoms with Gasteiger partial charge in [0.25, 0.3) is 0 Å². The minimum absolute atomic E-state index is 0.299. The smallest absolute Gasteiger partial charge is 0.217 e. The van der Waals surface area contributed by atoms with Gasteiger partial charge in [0.15, 0.2) is 0 Å². The number of amides is 1. The molecule has 4 N–H and O–H groups in total. The van der Waals surface area contributed by atoms with E-state index in [1.165, 1.54) is 0 Å². The Hall–Kier alpha value is -0.640. The van der Waals surface area contributed by atoms with Gasteiger partial charge < -0.3 is 11.5 Å². The molecule has 3 nitrogen and oxygen atoms in total. The van der Waals surface area contributed by atoms with E-state index < -0.39 is 12.7 Å². The molecule has 0 aliphatic carbocycles. The summed E-state index contributed by atoms with van der Waals surface area (Å²) in [4.78, 5) is 10.2. The third-order valence-corrected chi connectivity index (χ3v) is 1.20.